The number of nitrogens with zero attached hydrogens (tertiary/aromatic N) is 3. The van der Waals surface area contributed by atoms with Crippen molar-refractivity contribution in [1.82, 2.24) is 14.8 Å². The lowest BCUT2D eigenvalue weighted by Gasteiger charge is -2.30. The van der Waals surface area contributed by atoms with E-state index in [-0.39, 0.29) is 19.0 Å². The van der Waals surface area contributed by atoms with Crippen LogP contribution in [0.15, 0.2) is 48.7 Å². The zero-order chi connectivity index (χ0) is 22.2. The molecule has 7 nitrogen and oxygen atoms in total. The molecule has 1 amide bonds. The average molecular weight is 432 g/mol. The summed E-state index contributed by atoms with van der Waals surface area (Å²) in [6, 6.07) is 12.9. The van der Waals surface area contributed by atoms with E-state index in [1.54, 1.807) is 16.8 Å². The zero-order valence-electron chi connectivity index (χ0n) is 16.3. The van der Waals surface area contributed by atoms with Gasteiger partial charge in [-0.05, 0) is 42.5 Å². The van der Waals surface area contributed by atoms with Crippen LogP contribution >= 0.6 is 0 Å². The molecule has 162 valence electrons. The number of hydroxylamine groups is 2. The van der Waals surface area contributed by atoms with Gasteiger partial charge in [0.05, 0.1) is 11.3 Å². The number of alkyl halides is 3. The van der Waals surface area contributed by atoms with Crippen molar-refractivity contribution in [3.05, 3.63) is 59.8 Å². The Kier molecular flexibility index (Phi) is 5.40. The SMILES string of the molecule is NC(=O)c1cccc2cn(-c3ccc(C4CCN(OC(=O)C(F)(F)F)CC4)cc3)nc12. The molecule has 1 saturated heterocycles. The molecule has 2 heterocycles. The molecule has 1 aliphatic heterocycles. The maximum atomic E-state index is 12.3. The molecule has 0 spiro atoms. The Morgan fingerprint density at radius 1 is 1.06 bits per heavy atom. The Morgan fingerprint density at radius 2 is 1.74 bits per heavy atom. The van der Waals surface area contributed by atoms with E-state index in [2.05, 4.69) is 9.94 Å². The van der Waals surface area contributed by atoms with Crippen LogP contribution in [0.5, 0.6) is 0 Å². The number of primary amides is 1. The van der Waals surface area contributed by atoms with Gasteiger partial charge in [-0.3, -0.25) is 4.79 Å². The highest BCUT2D eigenvalue weighted by molar-refractivity contribution is 6.04. The van der Waals surface area contributed by atoms with Crippen LogP contribution in [0.4, 0.5) is 13.2 Å². The molecule has 1 fully saturated rings. The monoisotopic (exact) mass is 432 g/mol. The average Bonchev–Trinajstić information content (AvgIpc) is 3.18. The van der Waals surface area contributed by atoms with Crippen molar-refractivity contribution in [3.8, 4) is 5.69 Å². The molecule has 10 heteroatoms. The Hall–Kier alpha value is -3.40. The first-order valence-electron chi connectivity index (χ1n) is 9.65. The number of piperidine rings is 1. The third kappa shape index (κ3) is 4.38. The number of carbonyl (C=O) groups is 2. The van der Waals surface area contributed by atoms with Crippen LogP contribution in [0.2, 0.25) is 0 Å². The summed E-state index contributed by atoms with van der Waals surface area (Å²) in [4.78, 5) is 27.0. The maximum absolute atomic E-state index is 12.3. The van der Waals surface area contributed by atoms with Gasteiger partial charge in [0, 0.05) is 24.7 Å². The van der Waals surface area contributed by atoms with E-state index in [1.165, 1.54) is 0 Å². The summed E-state index contributed by atoms with van der Waals surface area (Å²) in [7, 11) is 0. The fourth-order valence-electron chi connectivity index (χ4n) is 3.73. The fourth-order valence-corrected chi connectivity index (χ4v) is 3.73. The highest BCUT2D eigenvalue weighted by atomic mass is 19.4. The van der Waals surface area contributed by atoms with E-state index < -0.39 is 18.1 Å². The number of hydrogen-bond acceptors (Lipinski definition) is 5. The third-order valence-corrected chi connectivity index (χ3v) is 5.33. The lowest BCUT2D eigenvalue weighted by Crippen LogP contribution is -2.39. The molecule has 4 rings (SSSR count). The van der Waals surface area contributed by atoms with Gasteiger partial charge in [0.15, 0.2) is 0 Å². The Labute approximate surface area is 175 Å². The summed E-state index contributed by atoms with van der Waals surface area (Å²) in [5, 5.41) is 6.33. The van der Waals surface area contributed by atoms with Gasteiger partial charge in [-0.15, -0.1) is 5.06 Å². The van der Waals surface area contributed by atoms with Gasteiger partial charge in [0.1, 0.15) is 5.52 Å². The minimum absolute atomic E-state index is 0.146. The van der Waals surface area contributed by atoms with E-state index in [0.717, 1.165) is 21.7 Å². The van der Waals surface area contributed by atoms with Gasteiger partial charge in [-0.1, -0.05) is 24.3 Å². The number of hydrogen-bond donors (Lipinski definition) is 1. The number of halogens is 3. The van der Waals surface area contributed by atoms with Gasteiger partial charge in [-0.2, -0.15) is 18.3 Å². The Balaban J connectivity index is 1.44. The van der Waals surface area contributed by atoms with Gasteiger partial charge < -0.3 is 10.6 Å². The van der Waals surface area contributed by atoms with Crippen LogP contribution in [-0.4, -0.2) is 46.0 Å². The van der Waals surface area contributed by atoms with Gasteiger partial charge in [0.25, 0.3) is 5.91 Å². The van der Waals surface area contributed by atoms with E-state index >= 15 is 0 Å². The van der Waals surface area contributed by atoms with Crippen LogP contribution in [0, 0.1) is 0 Å². The summed E-state index contributed by atoms with van der Waals surface area (Å²) in [6.07, 6.45) is -2.05. The second-order valence-corrected chi connectivity index (χ2v) is 7.35. The van der Waals surface area contributed by atoms with Crippen molar-refractivity contribution in [2.75, 3.05) is 13.1 Å². The first kappa shape index (κ1) is 20.9. The predicted molar refractivity (Wildman–Crippen MR) is 105 cm³/mol. The van der Waals surface area contributed by atoms with Crippen LogP contribution in [0.25, 0.3) is 16.6 Å². The molecule has 2 N–H and O–H groups in total. The van der Waals surface area contributed by atoms with Crippen molar-refractivity contribution in [1.29, 1.82) is 0 Å². The number of aromatic nitrogens is 2. The number of fused-ring (bicyclic) bond motifs is 1. The van der Waals surface area contributed by atoms with E-state index in [0.29, 0.717) is 23.9 Å². The van der Waals surface area contributed by atoms with Crippen LogP contribution in [-0.2, 0) is 9.63 Å². The van der Waals surface area contributed by atoms with E-state index in [4.69, 9.17) is 5.73 Å². The third-order valence-electron chi connectivity index (χ3n) is 5.33. The van der Waals surface area contributed by atoms with Gasteiger partial charge in [0.2, 0.25) is 0 Å². The van der Waals surface area contributed by atoms with Crippen LogP contribution < -0.4 is 5.73 Å². The molecule has 0 saturated carbocycles. The normalized spacial score (nSPS) is 15.8. The molecule has 2 aromatic carbocycles. The highest BCUT2D eigenvalue weighted by Gasteiger charge is 2.43. The standard InChI is InChI=1S/C21H19F3N4O3/c22-21(23,24)20(30)31-27-10-8-14(9-11-27)13-4-6-16(7-5-13)28-12-15-2-1-3-17(19(25)29)18(15)26-28/h1-7,12,14H,8-11H2,(H2,25,29). The molecule has 1 aromatic heterocycles. The first-order chi connectivity index (χ1) is 14.7. The highest BCUT2D eigenvalue weighted by Crippen LogP contribution is 2.30. The van der Waals surface area contributed by atoms with Crippen molar-refractivity contribution in [3.63, 3.8) is 0 Å². The largest absolute Gasteiger partial charge is 0.492 e. The van der Waals surface area contributed by atoms with Crippen molar-refractivity contribution in [2.24, 2.45) is 5.73 Å². The number of nitrogens with two attached hydrogens (primary N) is 1. The molecule has 3 aromatic rings. The lowest BCUT2D eigenvalue weighted by molar-refractivity contribution is -0.241. The van der Waals surface area contributed by atoms with Crippen LogP contribution in [0.3, 0.4) is 0 Å². The molecule has 0 atom stereocenters. The Bertz CT molecular complexity index is 1120. The quantitative estimate of drug-likeness (QED) is 0.683. The minimum Gasteiger partial charge on any atom is -0.366 e. The molecule has 1 aliphatic rings. The number of carbonyl (C=O) groups excluding carboxylic acids is 2. The topological polar surface area (TPSA) is 90.5 Å². The van der Waals surface area contributed by atoms with Crippen molar-refractivity contribution < 1.29 is 27.6 Å². The van der Waals surface area contributed by atoms with E-state index in [1.807, 2.05) is 36.5 Å². The molecule has 0 aliphatic carbocycles. The second kappa shape index (κ2) is 8.03. The predicted octanol–water partition coefficient (Wildman–Crippen LogP) is 3.32. The number of rotatable bonds is 4. The summed E-state index contributed by atoms with van der Waals surface area (Å²) < 4.78 is 38.6. The van der Waals surface area contributed by atoms with Crippen molar-refractivity contribution in [2.45, 2.75) is 24.9 Å². The fraction of sp³-hybridized carbons (Fsp3) is 0.286. The molecule has 31 heavy (non-hydrogen) atoms. The first-order valence-corrected chi connectivity index (χ1v) is 9.65. The molecule has 0 bridgehead atoms. The van der Waals surface area contributed by atoms with Crippen molar-refractivity contribution >= 4 is 22.8 Å². The zero-order valence-corrected chi connectivity index (χ0v) is 16.3. The van der Waals surface area contributed by atoms with E-state index in [9.17, 15) is 22.8 Å². The molecule has 0 unspecified atom stereocenters. The smallest absolute Gasteiger partial charge is 0.366 e. The summed E-state index contributed by atoms with van der Waals surface area (Å²) in [5.41, 5.74) is 8.13. The Morgan fingerprint density at radius 3 is 2.35 bits per heavy atom. The summed E-state index contributed by atoms with van der Waals surface area (Å²) in [6.45, 7) is 0.462. The second-order valence-electron chi connectivity index (χ2n) is 7.35. The number of benzene rings is 2. The van der Waals surface area contributed by atoms with Gasteiger partial charge >= 0.3 is 12.1 Å². The molecular weight excluding hydrogens is 413 g/mol. The summed E-state index contributed by atoms with van der Waals surface area (Å²) in [5.74, 6) is -2.59. The molecule has 0 radical (unpaired) electrons. The number of amides is 1. The molecular formula is C21H19F3N4O3. The lowest BCUT2D eigenvalue weighted by atomic mass is 9.90. The summed E-state index contributed by atoms with van der Waals surface area (Å²) >= 11 is 0. The minimum atomic E-state index is -5.00. The van der Waals surface area contributed by atoms with Gasteiger partial charge in [-0.25, -0.2) is 9.48 Å². The van der Waals surface area contributed by atoms with Crippen LogP contribution in [0.1, 0.15) is 34.7 Å². The maximum Gasteiger partial charge on any atom is 0.492 e.